The third-order valence-electron chi connectivity index (χ3n) is 2.58. The van der Waals surface area contributed by atoms with Crippen LogP contribution in [-0.4, -0.2) is 15.2 Å². The van der Waals surface area contributed by atoms with E-state index in [0.717, 1.165) is 10.5 Å². The summed E-state index contributed by atoms with van der Waals surface area (Å²) in [5.74, 6) is 2.05. The molecule has 0 aliphatic heterocycles. The molecule has 0 saturated carbocycles. The van der Waals surface area contributed by atoms with Crippen LogP contribution in [0.1, 0.15) is 38.0 Å². The maximum Gasteiger partial charge on any atom is 0.232 e. The quantitative estimate of drug-likeness (QED) is 0.871. The number of hydrogen-bond acceptors (Lipinski definition) is 5. The van der Waals surface area contributed by atoms with Crippen molar-refractivity contribution in [2.75, 3.05) is 0 Å². The molecule has 0 unspecified atom stereocenters. The number of benzene rings is 1. The Morgan fingerprint density at radius 2 is 1.89 bits per heavy atom. The lowest BCUT2D eigenvalue weighted by Gasteiger charge is -2.10. The Hall–Kier alpha value is -1.33. The van der Waals surface area contributed by atoms with Crippen molar-refractivity contribution in [1.29, 1.82) is 0 Å². The summed E-state index contributed by atoms with van der Waals surface area (Å²) in [6, 6.07) is 7.81. The van der Waals surface area contributed by atoms with Gasteiger partial charge in [-0.2, -0.15) is 4.98 Å². The average Bonchev–Trinajstić information content (AvgIpc) is 2.86. The van der Waals surface area contributed by atoms with Crippen LogP contribution in [0.3, 0.4) is 0 Å². The molecule has 0 aliphatic rings. The van der Waals surface area contributed by atoms with Gasteiger partial charge in [0.15, 0.2) is 5.82 Å². The van der Waals surface area contributed by atoms with Gasteiger partial charge < -0.3 is 9.63 Å². The summed E-state index contributed by atoms with van der Waals surface area (Å²) in [6.45, 7) is 6.21. The standard InChI is InChI=1S/C14H18N2O2S/c1-14(2,3)13-15-12(16-18-13)9-19-11-6-4-10(8-17)5-7-11/h4-7,17H,8-9H2,1-3H3. The number of aliphatic hydroxyl groups excluding tert-OH is 1. The fraction of sp³-hybridized carbons (Fsp3) is 0.429. The van der Waals surface area contributed by atoms with E-state index in [4.69, 9.17) is 9.63 Å². The normalized spacial score (nSPS) is 11.8. The molecule has 0 spiro atoms. The smallest absolute Gasteiger partial charge is 0.232 e. The van der Waals surface area contributed by atoms with Gasteiger partial charge in [0.1, 0.15) is 0 Å². The molecular weight excluding hydrogens is 260 g/mol. The molecule has 0 saturated heterocycles. The zero-order chi connectivity index (χ0) is 13.9. The first-order valence-electron chi connectivity index (χ1n) is 6.15. The molecular formula is C14H18N2O2S. The van der Waals surface area contributed by atoms with Gasteiger partial charge in [-0.05, 0) is 17.7 Å². The Morgan fingerprint density at radius 3 is 2.42 bits per heavy atom. The van der Waals surface area contributed by atoms with E-state index in [1.807, 2.05) is 45.0 Å². The van der Waals surface area contributed by atoms with E-state index in [1.54, 1.807) is 11.8 Å². The van der Waals surface area contributed by atoms with Gasteiger partial charge in [-0.15, -0.1) is 11.8 Å². The molecule has 0 aliphatic carbocycles. The van der Waals surface area contributed by atoms with Crippen molar-refractivity contribution >= 4 is 11.8 Å². The molecule has 0 radical (unpaired) electrons. The number of aromatic nitrogens is 2. The van der Waals surface area contributed by atoms with Crippen LogP contribution in [-0.2, 0) is 17.8 Å². The van der Waals surface area contributed by atoms with Crippen LogP contribution in [0.15, 0.2) is 33.7 Å². The number of nitrogens with zero attached hydrogens (tertiary/aromatic N) is 2. The minimum atomic E-state index is -0.112. The van der Waals surface area contributed by atoms with E-state index >= 15 is 0 Å². The highest BCUT2D eigenvalue weighted by Crippen LogP contribution is 2.24. The van der Waals surface area contributed by atoms with Crippen LogP contribution in [0.5, 0.6) is 0 Å². The minimum Gasteiger partial charge on any atom is -0.392 e. The minimum absolute atomic E-state index is 0.0741. The van der Waals surface area contributed by atoms with Gasteiger partial charge in [-0.25, -0.2) is 0 Å². The number of aliphatic hydroxyl groups is 1. The Balaban J connectivity index is 1.96. The molecule has 102 valence electrons. The third-order valence-corrected chi connectivity index (χ3v) is 3.59. The van der Waals surface area contributed by atoms with Crippen LogP contribution in [0.2, 0.25) is 0 Å². The summed E-state index contributed by atoms with van der Waals surface area (Å²) >= 11 is 1.65. The molecule has 0 bridgehead atoms. The largest absolute Gasteiger partial charge is 0.392 e. The Kier molecular flexibility index (Phi) is 4.27. The molecule has 5 heteroatoms. The molecule has 1 heterocycles. The number of thioether (sulfide) groups is 1. The van der Waals surface area contributed by atoms with Crippen LogP contribution in [0.4, 0.5) is 0 Å². The first-order valence-corrected chi connectivity index (χ1v) is 7.13. The highest BCUT2D eigenvalue weighted by atomic mass is 32.2. The summed E-state index contributed by atoms with van der Waals surface area (Å²) < 4.78 is 5.25. The lowest BCUT2D eigenvalue weighted by molar-refractivity contribution is 0.282. The van der Waals surface area contributed by atoms with Gasteiger partial charge >= 0.3 is 0 Å². The predicted molar refractivity (Wildman–Crippen MR) is 74.9 cm³/mol. The Labute approximate surface area is 117 Å². The fourth-order valence-corrected chi connectivity index (χ4v) is 2.20. The molecule has 19 heavy (non-hydrogen) atoms. The van der Waals surface area contributed by atoms with Crippen molar-refractivity contribution in [1.82, 2.24) is 10.1 Å². The topological polar surface area (TPSA) is 59.2 Å². The zero-order valence-corrected chi connectivity index (χ0v) is 12.2. The summed E-state index contributed by atoms with van der Waals surface area (Å²) in [5.41, 5.74) is 0.803. The van der Waals surface area contributed by atoms with Crippen LogP contribution in [0.25, 0.3) is 0 Å². The van der Waals surface area contributed by atoms with Gasteiger partial charge in [-0.3, -0.25) is 0 Å². The molecule has 0 atom stereocenters. The van der Waals surface area contributed by atoms with Gasteiger partial charge in [0.2, 0.25) is 5.89 Å². The molecule has 1 aromatic heterocycles. The molecule has 0 amide bonds. The lowest BCUT2D eigenvalue weighted by Crippen LogP contribution is -2.11. The highest BCUT2D eigenvalue weighted by Gasteiger charge is 2.21. The summed E-state index contributed by atoms with van der Waals surface area (Å²) in [7, 11) is 0. The van der Waals surface area contributed by atoms with Crippen LogP contribution < -0.4 is 0 Å². The second-order valence-electron chi connectivity index (χ2n) is 5.36. The first-order chi connectivity index (χ1) is 8.99. The van der Waals surface area contributed by atoms with Crippen LogP contribution in [0, 0.1) is 0 Å². The highest BCUT2D eigenvalue weighted by molar-refractivity contribution is 7.98. The van der Waals surface area contributed by atoms with E-state index in [1.165, 1.54) is 0 Å². The second kappa shape index (κ2) is 5.75. The Bertz CT molecular complexity index is 529. The van der Waals surface area contributed by atoms with E-state index in [-0.39, 0.29) is 12.0 Å². The summed E-state index contributed by atoms with van der Waals surface area (Å²) in [5, 5.41) is 13.0. The van der Waals surface area contributed by atoms with E-state index in [0.29, 0.717) is 17.5 Å². The fourth-order valence-electron chi connectivity index (χ4n) is 1.46. The maximum atomic E-state index is 8.98. The molecule has 2 rings (SSSR count). The van der Waals surface area contributed by atoms with Crippen molar-refractivity contribution in [3.8, 4) is 0 Å². The predicted octanol–water partition coefficient (Wildman–Crippen LogP) is 3.15. The second-order valence-corrected chi connectivity index (χ2v) is 6.41. The molecule has 1 aromatic carbocycles. The average molecular weight is 278 g/mol. The van der Waals surface area contributed by atoms with Crippen molar-refractivity contribution in [3.63, 3.8) is 0 Å². The van der Waals surface area contributed by atoms with Crippen molar-refractivity contribution in [2.45, 2.75) is 43.4 Å². The van der Waals surface area contributed by atoms with E-state index < -0.39 is 0 Å². The third kappa shape index (κ3) is 3.81. The first kappa shape index (κ1) is 14.1. The molecule has 1 N–H and O–H groups in total. The monoisotopic (exact) mass is 278 g/mol. The Morgan fingerprint density at radius 1 is 1.21 bits per heavy atom. The molecule has 2 aromatic rings. The van der Waals surface area contributed by atoms with E-state index in [2.05, 4.69) is 10.1 Å². The van der Waals surface area contributed by atoms with Gasteiger partial charge in [-0.1, -0.05) is 38.1 Å². The summed E-state index contributed by atoms with van der Waals surface area (Å²) in [6.07, 6.45) is 0. The van der Waals surface area contributed by atoms with Crippen molar-refractivity contribution in [3.05, 3.63) is 41.5 Å². The van der Waals surface area contributed by atoms with Gasteiger partial charge in [0, 0.05) is 10.3 Å². The molecule has 0 fully saturated rings. The summed E-state index contributed by atoms with van der Waals surface area (Å²) in [4.78, 5) is 5.52. The van der Waals surface area contributed by atoms with Crippen LogP contribution >= 0.6 is 11.8 Å². The zero-order valence-electron chi connectivity index (χ0n) is 11.4. The molecule has 4 nitrogen and oxygen atoms in total. The van der Waals surface area contributed by atoms with Crippen molar-refractivity contribution < 1.29 is 9.63 Å². The lowest BCUT2D eigenvalue weighted by atomic mass is 9.97. The number of hydrogen-bond donors (Lipinski definition) is 1. The van der Waals surface area contributed by atoms with E-state index in [9.17, 15) is 0 Å². The maximum absolute atomic E-state index is 8.98. The van der Waals surface area contributed by atoms with Gasteiger partial charge in [0.05, 0.1) is 12.4 Å². The number of rotatable bonds is 4. The van der Waals surface area contributed by atoms with Gasteiger partial charge in [0.25, 0.3) is 0 Å². The SMILES string of the molecule is CC(C)(C)c1nc(CSc2ccc(CO)cc2)no1. The van der Waals surface area contributed by atoms with Crippen molar-refractivity contribution in [2.24, 2.45) is 0 Å².